The van der Waals surface area contributed by atoms with E-state index in [-0.39, 0.29) is 0 Å². The van der Waals surface area contributed by atoms with Crippen LogP contribution in [0.2, 0.25) is 0 Å². The number of hydrogen-bond donors (Lipinski definition) is 1. The number of hydrogen-bond acceptors (Lipinski definition) is 5. The number of likely N-dealkylation sites (N-methyl/N-ethyl adjacent to an activating group) is 1. The Bertz CT molecular complexity index is 613. The molecule has 0 atom stereocenters. The second kappa shape index (κ2) is 9.05. The van der Waals surface area contributed by atoms with E-state index in [0.29, 0.717) is 4.13 Å². The molecular formula is C8H12F10N2O5S2. The molecule has 0 aromatic carbocycles. The number of ether oxygens (including phenoxy) is 1. The molecule has 0 aromatic rings. The summed E-state index contributed by atoms with van der Waals surface area (Å²) >= 11 is 0. The fourth-order valence-corrected chi connectivity index (χ4v) is 3.12. The van der Waals surface area contributed by atoms with Gasteiger partial charge < -0.3 is 14.2 Å². The first-order chi connectivity index (χ1) is 11.6. The summed E-state index contributed by atoms with van der Waals surface area (Å²) in [6, 6.07) is 0. The van der Waals surface area contributed by atoms with E-state index in [1.165, 1.54) is 0 Å². The van der Waals surface area contributed by atoms with Crippen molar-refractivity contribution in [2.24, 2.45) is 0 Å². The predicted molar refractivity (Wildman–Crippen MR) is 67.8 cm³/mol. The molecule has 166 valence electrons. The number of methoxy groups -OCH3 is 1. The summed E-state index contributed by atoms with van der Waals surface area (Å²) < 4.78 is 166. The van der Waals surface area contributed by atoms with Crippen LogP contribution in [0.25, 0.3) is 4.13 Å². The lowest BCUT2D eigenvalue weighted by molar-refractivity contribution is -0.628. The van der Waals surface area contributed by atoms with Crippen molar-refractivity contribution in [1.82, 2.24) is 0 Å². The molecule has 0 fully saturated rings. The Labute approximate surface area is 146 Å². The van der Waals surface area contributed by atoms with Gasteiger partial charge in [-0.2, -0.15) is 43.9 Å². The smallest absolute Gasteiger partial charge is 0.425 e. The van der Waals surface area contributed by atoms with E-state index in [1.54, 1.807) is 7.11 Å². The second-order valence-electron chi connectivity index (χ2n) is 4.24. The Kier molecular flexibility index (Phi) is 9.49. The Morgan fingerprint density at radius 3 is 1.22 bits per heavy atom. The number of rotatable bonds is 7. The quantitative estimate of drug-likeness (QED) is 0.444. The summed E-state index contributed by atoms with van der Waals surface area (Å²) in [7, 11) is -11.5. The van der Waals surface area contributed by atoms with Gasteiger partial charge >= 0.3 is 22.9 Å². The fourth-order valence-electron chi connectivity index (χ4n) is 0.751. The van der Waals surface area contributed by atoms with Crippen molar-refractivity contribution >= 4 is 20.0 Å². The molecule has 0 radical (unpaired) electrons. The van der Waals surface area contributed by atoms with Crippen LogP contribution >= 0.6 is 0 Å². The lowest BCUT2D eigenvalue weighted by Crippen LogP contribution is -2.80. The minimum atomic E-state index is -7.62. The van der Waals surface area contributed by atoms with Gasteiger partial charge in [0, 0.05) is 7.11 Å². The summed E-state index contributed by atoms with van der Waals surface area (Å²) in [5, 5.41) is -11.9. The predicted octanol–water partition coefficient (Wildman–Crippen LogP) is 1.16. The molecule has 0 heterocycles. The zero-order chi connectivity index (χ0) is 22.5. The van der Waals surface area contributed by atoms with Gasteiger partial charge in [0.05, 0.1) is 20.2 Å². The Morgan fingerprint density at radius 2 is 1.07 bits per heavy atom. The number of nitrogens with two attached hydrogens (primary N) is 1. The van der Waals surface area contributed by atoms with Crippen molar-refractivity contribution in [3.63, 3.8) is 0 Å². The molecule has 0 rings (SSSR count). The van der Waals surface area contributed by atoms with Crippen LogP contribution in [0, 0.1) is 0 Å². The van der Waals surface area contributed by atoms with Crippen LogP contribution < -0.4 is 5.32 Å². The molecular weight excluding hydrogens is 458 g/mol. The van der Waals surface area contributed by atoms with Crippen LogP contribution in [0.15, 0.2) is 0 Å². The molecule has 0 aliphatic rings. The van der Waals surface area contributed by atoms with Gasteiger partial charge in [-0.1, -0.05) is 0 Å². The van der Waals surface area contributed by atoms with E-state index < -0.39 is 42.9 Å². The van der Waals surface area contributed by atoms with Gasteiger partial charge in [-0.05, 0) is 0 Å². The van der Waals surface area contributed by atoms with Crippen molar-refractivity contribution in [1.29, 1.82) is 0 Å². The number of halogens is 10. The normalized spacial score (nSPS) is 14.5. The van der Waals surface area contributed by atoms with Crippen LogP contribution in [0.5, 0.6) is 0 Å². The van der Waals surface area contributed by atoms with Crippen LogP contribution in [-0.4, -0.2) is 67.0 Å². The van der Waals surface area contributed by atoms with E-state index in [4.69, 9.17) is 4.74 Å². The van der Waals surface area contributed by atoms with E-state index in [9.17, 15) is 60.7 Å². The van der Waals surface area contributed by atoms with Gasteiger partial charge in [0.1, 0.15) is 0 Å². The third-order valence-electron chi connectivity index (χ3n) is 2.11. The van der Waals surface area contributed by atoms with Crippen molar-refractivity contribution < 1.29 is 70.8 Å². The number of nitrogens with zero attached hydrogens (tertiary/aromatic N) is 1. The third kappa shape index (κ3) is 6.88. The molecule has 0 amide bonds. The third-order valence-corrected chi connectivity index (χ3v) is 5.44. The van der Waals surface area contributed by atoms with Gasteiger partial charge in [-0.3, -0.25) is 0 Å². The first kappa shape index (κ1) is 28.3. The molecule has 0 bridgehead atoms. The molecule has 0 aliphatic carbocycles. The Morgan fingerprint density at radius 1 is 0.778 bits per heavy atom. The largest absolute Gasteiger partial charge is 0.467 e. The average molecular weight is 470 g/mol. The summed E-state index contributed by atoms with van der Waals surface area (Å²) in [4.78, 5) is 0. The molecule has 0 unspecified atom stereocenters. The summed E-state index contributed by atoms with van der Waals surface area (Å²) in [6.45, 7) is 1.92. The minimum absolute atomic E-state index is 0.422. The minimum Gasteiger partial charge on any atom is -0.425 e. The van der Waals surface area contributed by atoms with Crippen molar-refractivity contribution in [3.05, 3.63) is 4.13 Å². The lowest BCUT2D eigenvalue weighted by Gasteiger charge is -2.31. The lowest BCUT2D eigenvalue weighted by atomic mass is 10.7. The van der Waals surface area contributed by atoms with Gasteiger partial charge in [0.25, 0.3) is 0 Å². The average Bonchev–Trinajstić information content (AvgIpc) is 2.41. The van der Waals surface area contributed by atoms with Crippen molar-refractivity contribution in [2.45, 2.75) is 22.9 Å². The molecule has 0 aliphatic heterocycles. The van der Waals surface area contributed by atoms with E-state index in [2.05, 4.69) is 5.32 Å². The highest BCUT2D eigenvalue weighted by molar-refractivity contribution is 8.13. The summed E-state index contributed by atoms with van der Waals surface area (Å²) in [5.41, 5.74) is 0. The van der Waals surface area contributed by atoms with Crippen LogP contribution in [-0.2, 0) is 24.8 Å². The zero-order valence-corrected chi connectivity index (χ0v) is 14.7. The highest BCUT2D eigenvalue weighted by Crippen LogP contribution is 2.47. The second-order valence-corrected chi connectivity index (χ2v) is 7.77. The van der Waals surface area contributed by atoms with Gasteiger partial charge in [-0.25, -0.2) is 16.8 Å². The maximum atomic E-state index is 12.3. The van der Waals surface area contributed by atoms with Crippen LogP contribution in [0.4, 0.5) is 43.9 Å². The maximum absolute atomic E-state index is 12.3. The number of quaternary nitrogens is 1. The van der Waals surface area contributed by atoms with E-state index in [0.717, 1.165) is 13.2 Å². The van der Waals surface area contributed by atoms with E-state index in [1.807, 2.05) is 7.05 Å². The first-order valence-corrected chi connectivity index (χ1v) is 8.89. The Hall–Kier alpha value is -0.920. The molecule has 2 N–H and O–H groups in total. The van der Waals surface area contributed by atoms with Gasteiger partial charge in [0.2, 0.25) is 0 Å². The summed E-state index contributed by atoms with van der Waals surface area (Å²) in [5.74, 6) is 0. The number of alkyl halides is 10. The molecule has 0 aromatic heterocycles. The van der Waals surface area contributed by atoms with E-state index >= 15 is 0 Å². The van der Waals surface area contributed by atoms with Crippen LogP contribution in [0.1, 0.15) is 0 Å². The topological polar surface area (TPSA) is 108 Å². The molecule has 0 saturated carbocycles. The van der Waals surface area contributed by atoms with Crippen LogP contribution in [0.3, 0.4) is 0 Å². The highest BCUT2D eigenvalue weighted by Gasteiger charge is 2.68. The zero-order valence-electron chi connectivity index (χ0n) is 13.1. The SMILES string of the molecule is C[NH2+]CCOC.O=S(=O)([N-]S(=O)(=O)C(F)(F)C(F)(F)F)C(F)(F)C(F)(F)F. The molecule has 7 nitrogen and oxygen atoms in total. The van der Waals surface area contributed by atoms with Crippen molar-refractivity contribution in [3.8, 4) is 0 Å². The molecule has 27 heavy (non-hydrogen) atoms. The monoisotopic (exact) mass is 470 g/mol. The molecule has 19 heteroatoms. The highest BCUT2D eigenvalue weighted by atomic mass is 32.3. The maximum Gasteiger partial charge on any atom is 0.467 e. The molecule has 0 saturated heterocycles. The first-order valence-electron chi connectivity index (χ1n) is 6.01. The number of sulfonamides is 2. The standard InChI is InChI=1S/C4F10NO4S2.C4H11NO/c5-1(6,7)3(11,12)20(16,17)15-21(18,19)4(13,14)2(8,9)10;1-5-3-4-6-2/h;5H,3-4H2,1-2H3/q-1;/p+1. The van der Waals surface area contributed by atoms with Crippen molar-refractivity contribution in [2.75, 3.05) is 27.3 Å². The fraction of sp³-hybridized carbons (Fsp3) is 1.00. The Balaban J connectivity index is 0. The molecule has 0 spiro atoms. The van der Waals surface area contributed by atoms with Gasteiger partial charge in [0.15, 0.2) is 20.0 Å². The summed E-state index contributed by atoms with van der Waals surface area (Å²) in [6.07, 6.45) is -14.0. The van der Waals surface area contributed by atoms with Gasteiger partial charge in [-0.15, -0.1) is 0 Å².